The maximum atomic E-state index is 12.6. The molecule has 4 rings (SSSR count). The average Bonchev–Trinajstić information content (AvgIpc) is 2.69. The zero-order valence-electron chi connectivity index (χ0n) is 15.1. The van der Waals surface area contributed by atoms with E-state index < -0.39 is 0 Å². The topological polar surface area (TPSA) is 79.9 Å². The number of amides is 2. The maximum Gasteiger partial charge on any atom is 0.262 e. The lowest BCUT2D eigenvalue weighted by atomic mass is 10.1. The summed E-state index contributed by atoms with van der Waals surface area (Å²) in [4.78, 5) is 26.4. The maximum absolute atomic E-state index is 12.6. The van der Waals surface area contributed by atoms with Crippen LogP contribution in [0.2, 0.25) is 0 Å². The van der Waals surface area contributed by atoms with Crippen molar-refractivity contribution in [2.45, 2.75) is 6.92 Å². The second-order valence-electron chi connectivity index (χ2n) is 6.60. The summed E-state index contributed by atoms with van der Waals surface area (Å²) in [7, 11) is 0. The van der Waals surface area contributed by atoms with E-state index in [0.717, 1.165) is 43.2 Å². The van der Waals surface area contributed by atoms with Gasteiger partial charge >= 0.3 is 0 Å². The second kappa shape index (κ2) is 7.28. The molecule has 2 aliphatic rings. The van der Waals surface area contributed by atoms with Crippen LogP contribution in [0.1, 0.15) is 15.9 Å². The fourth-order valence-corrected chi connectivity index (χ4v) is 3.23. The van der Waals surface area contributed by atoms with Crippen molar-refractivity contribution in [3.05, 3.63) is 47.5 Å². The van der Waals surface area contributed by atoms with Gasteiger partial charge in [0, 0.05) is 30.0 Å². The van der Waals surface area contributed by atoms with Gasteiger partial charge < -0.3 is 25.0 Å². The molecular formula is C20H21N3O4. The summed E-state index contributed by atoms with van der Waals surface area (Å²) >= 11 is 0. The molecule has 2 heterocycles. The molecule has 2 aliphatic heterocycles. The Morgan fingerprint density at radius 1 is 1.15 bits per heavy atom. The molecule has 0 unspecified atom stereocenters. The van der Waals surface area contributed by atoms with E-state index in [9.17, 15) is 9.59 Å². The molecule has 1 fully saturated rings. The molecule has 1 saturated heterocycles. The van der Waals surface area contributed by atoms with E-state index in [-0.39, 0.29) is 18.4 Å². The van der Waals surface area contributed by atoms with Crippen LogP contribution in [0, 0.1) is 6.92 Å². The molecule has 0 radical (unpaired) electrons. The van der Waals surface area contributed by atoms with Crippen LogP contribution in [0.5, 0.6) is 5.75 Å². The van der Waals surface area contributed by atoms with E-state index in [4.69, 9.17) is 9.47 Å². The van der Waals surface area contributed by atoms with E-state index >= 15 is 0 Å². The molecule has 7 nitrogen and oxygen atoms in total. The molecule has 0 atom stereocenters. The van der Waals surface area contributed by atoms with Crippen LogP contribution >= 0.6 is 0 Å². The minimum absolute atomic E-state index is 0.00672. The van der Waals surface area contributed by atoms with Gasteiger partial charge in [-0.15, -0.1) is 0 Å². The highest BCUT2D eigenvalue weighted by Gasteiger charge is 2.18. The Balaban J connectivity index is 1.49. The van der Waals surface area contributed by atoms with E-state index in [0.29, 0.717) is 17.0 Å². The highest BCUT2D eigenvalue weighted by Crippen LogP contribution is 2.29. The number of ether oxygens (including phenoxy) is 2. The number of fused-ring (bicyclic) bond motifs is 1. The van der Waals surface area contributed by atoms with Gasteiger partial charge in [0.2, 0.25) is 0 Å². The fraction of sp³-hybridized carbons (Fsp3) is 0.300. The van der Waals surface area contributed by atoms with Gasteiger partial charge in [0.1, 0.15) is 5.75 Å². The van der Waals surface area contributed by atoms with Gasteiger partial charge in [0.25, 0.3) is 11.8 Å². The Morgan fingerprint density at radius 2 is 1.96 bits per heavy atom. The lowest BCUT2D eigenvalue weighted by Gasteiger charge is -2.29. The summed E-state index contributed by atoms with van der Waals surface area (Å²) in [6, 6.07) is 11.0. The third kappa shape index (κ3) is 3.73. The molecule has 0 bridgehead atoms. The number of rotatable bonds is 3. The van der Waals surface area contributed by atoms with Gasteiger partial charge in [0.15, 0.2) is 6.61 Å². The van der Waals surface area contributed by atoms with Crippen molar-refractivity contribution < 1.29 is 19.1 Å². The molecule has 2 amide bonds. The van der Waals surface area contributed by atoms with Gasteiger partial charge in [-0.25, -0.2) is 0 Å². The smallest absolute Gasteiger partial charge is 0.262 e. The van der Waals surface area contributed by atoms with Gasteiger partial charge in [-0.05, 0) is 48.9 Å². The lowest BCUT2D eigenvalue weighted by molar-refractivity contribution is -0.118. The first-order valence-electron chi connectivity index (χ1n) is 8.91. The first-order chi connectivity index (χ1) is 13.1. The molecular weight excluding hydrogens is 346 g/mol. The first-order valence-corrected chi connectivity index (χ1v) is 8.91. The average molecular weight is 367 g/mol. The number of carbonyl (C=O) groups excluding carboxylic acids is 2. The summed E-state index contributed by atoms with van der Waals surface area (Å²) in [6.45, 7) is 5.17. The molecule has 0 saturated carbocycles. The molecule has 0 aliphatic carbocycles. The lowest BCUT2D eigenvalue weighted by Crippen LogP contribution is -2.36. The molecule has 27 heavy (non-hydrogen) atoms. The summed E-state index contributed by atoms with van der Waals surface area (Å²) in [5.41, 5.74) is 3.84. The molecule has 2 aromatic carbocycles. The van der Waals surface area contributed by atoms with Gasteiger partial charge in [-0.2, -0.15) is 0 Å². The van der Waals surface area contributed by atoms with Gasteiger partial charge in [0.05, 0.1) is 18.9 Å². The van der Waals surface area contributed by atoms with Crippen molar-refractivity contribution in [3.8, 4) is 5.75 Å². The van der Waals surface area contributed by atoms with Crippen molar-refractivity contribution >= 4 is 28.9 Å². The minimum Gasteiger partial charge on any atom is -0.482 e. The number of benzene rings is 2. The molecule has 7 heteroatoms. The molecule has 0 spiro atoms. The molecule has 2 N–H and O–H groups in total. The highest BCUT2D eigenvalue weighted by atomic mass is 16.5. The van der Waals surface area contributed by atoms with Crippen LogP contribution in [0.4, 0.5) is 17.1 Å². The van der Waals surface area contributed by atoms with Crippen molar-refractivity contribution in [2.75, 3.05) is 48.4 Å². The molecule has 140 valence electrons. The van der Waals surface area contributed by atoms with E-state index in [1.54, 1.807) is 18.2 Å². The van der Waals surface area contributed by atoms with Crippen LogP contribution in [0.25, 0.3) is 0 Å². The summed E-state index contributed by atoms with van der Waals surface area (Å²) in [6.07, 6.45) is 0. The van der Waals surface area contributed by atoms with E-state index in [1.807, 2.05) is 19.1 Å². The van der Waals surface area contributed by atoms with Crippen LogP contribution in [-0.4, -0.2) is 44.7 Å². The second-order valence-corrected chi connectivity index (χ2v) is 6.60. The standard InChI is InChI=1S/C20H21N3O4/c1-13-10-15(23-6-8-26-9-7-23)3-4-16(13)22-20(25)14-2-5-18-17(11-14)21-19(24)12-27-18/h2-5,10-11H,6-9,12H2,1H3,(H,21,24)(H,22,25). The third-order valence-corrected chi connectivity index (χ3v) is 4.71. The summed E-state index contributed by atoms with van der Waals surface area (Å²) in [5, 5.41) is 5.65. The Labute approximate surface area is 157 Å². The predicted molar refractivity (Wildman–Crippen MR) is 103 cm³/mol. The van der Waals surface area contributed by atoms with Crippen molar-refractivity contribution in [1.29, 1.82) is 0 Å². The highest BCUT2D eigenvalue weighted by molar-refractivity contribution is 6.06. The van der Waals surface area contributed by atoms with E-state index in [1.165, 1.54) is 0 Å². The largest absolute Gasteiger partial charge is 0.482 e. The number of hydrogen-bond donors (Lipinski definition) is 2. The number of aryl methyl sites for hydroxylation is 1. The summed E-state index contributed by atoms with van der Waals surface area (Å²) in [5.74, 6) is 0.103. The third-order valence-electron chi connectivity index (χ3n) is 4.71. The molecule has 0 aromatic heterocycles. The van der Waals surface area contributed by atoms with E-state index in [2.05, 4.69) is 21.6 Å². The van der Waals surface area contributed by atoms with Crippen LogP contribution < -0.4 is 20.3 Å². The Kier molecular flexibility index (Phi) is 4.68. The number of nitrogens with zero attached hydrogens (tertiary/aromatic N) is 1. The number of anilines is 3. The first kappa shape index (κ1) is 17.4. The van der Waals surface area contributed by atoms with Gasteiger partial charge in [-0.3, -0.25) is 9.59 Å². The normalized spacial score (nSPS) is 16.2. The van der Waals surface area contributed by atoms with Crippen molar-refractivity contribution in [1.82, 2.24) is 0 Å². The van der Waals surface area contributed by atoms with Crippen LogP contribution in [-0.2, 0) is 9.53 Å². The van der Waals surface area contributed by atoms with Crippen LogP contribution in [0.3, 0.4) is 0 Å². The SMILES string of the molecule is Cc1cc(N2CCOCC2)ccc1NC(=O)c1ccc2c(c1)NC(=O)CO2. The monoisotopic (exact) mass is 367 g/mol. The Hall–Kier alpha value is -3.06. The van der Waals surface area contributed by atoms with Crippen LogP contribution in [0.15, 0.2) is 36.4 Å². The Bertz CT molecular complexity index is 891. The fourth-order valence-electron chi connectivity index (χ4n) is 3.23. The van der Waals surface area contributed by atoms with Gasteiger partial charge in [-0.1, -0.05) is 0 Å². The predicted octanol–water partition coefficient (Wildman–Crippen LogP) is 2.41. The number of hydrogen-bond acceptors (Lipinski definition) is 5. The number of carbonyl (C=O) groups is 2. The quantitative estimate of drug-likeness (QED) is 0.871. The van der Waals surface area contributed by atoms with Crippen molar-refractivity contribution in [2.24, 2.45) is 0 Å². The Morgan fingerprint density at radius 3 is 2.74 bits per heavy atom. The zero-order valence-corrected chi connectivity index (χ0v) is 15.1. The number of morpholine rings is 1. The zero-order chi connectivity index (χ0) is 18.8. The molecule has 2 aromatic rings. The van der Waals surface area contributed by atoms with Crippen molar-refractivity contribution in [3.63, 3.8) is 0 Å². The minimum atomic E-state index is -0.236. The number of nitrogens with one attached hydrogen (secondary N) is 2. The summed E-state index contributed by atoms with van der Waals surface area (Å²) < 4.78 is 10.7.